The van der Waals surface area contributed by atoms with Crippen LogP contribution in [0.4, 0.5) is 4.39 Å². The number of hydrogen-bond acceptors (Lipinski definition) is 4. The summed E-state index contributed by atoms with van der Waals surface area (Å²) in [5, 5.41) is 0. The van der Waals surface area contributed by atoms with Gasteiger partial charge in [0.1, 0.15) is 5.82 Å². The molecule has 1 aliphatic heterocycles. The van der Waals surface area contributed by atoms with Gasteiger partial charge in [0.2, 0.25) is 10.0 Å². The van der Waals surface area contributed by atoms with E-state index in [2.05, 4.69) is 0 Å². The molecular weight excluding hydrogens is 329 g/mol. The predicted molar refractivity (Wildman–Crippen MR) is 80.2 cm³/mol. The Labute approximate surface area is 130 Å². The minimum Gasteiger partial charge on any atom is -0.229 e. The highest BCUT2D eigenvalue weighted by atomic mass is 32.2. The Hall–Kier alpha value is -0.990. The lowest BCUT2D eigenvalue weighted by molar-refractivity contribution is 0.332. The van der Waals surface area contributed by atoms with E-state index >= 15 is 0 Å². The van der Waals surface area contributed by atoms with Crippen LogP contribution in [0, 0.1) is 12.7 Å². The summed E-state index contributed by atoms with van der Waals surface area (Å²) in [7, 11) is -7.08. The summed E-state index contributed by atoms with van der Waals surface area (Å²) in [4.78, 5) is -0.0660. The summed E-state index contributed by atoms with van der Waals surface area (Å²) in [6, 6.07) is 2.97. The minimum absolute atomic E-state index is 0.0124. The van der Waals surface area contributed by atoms with Crippen molar-refractivity contribution in [3.05, 3.63) is 29.6 Å². The van der Waals surface area contributed by atoms with Crippen LogP contribution in [0.3, 0.4) is 0 Å². The van der Waals surface area contributed by atoms with Crippen LogP contribution < -0.4 is 0 Å². The van der Waals surface area contributed by atoms with Crippen LogP contribution in [0.25, 0.3) is 0 Å². The van der Waals surface area contributed by atoms with Crippen LogP contribution in [0.15, 0.2) is 23.1 Å². The van der Waals surface area contributed by atoms with Gasteiger partial charge in [0.25, 0.3) is 0 Å². The molecular formula is C14H18FNO4S2. The monoisotopic (exact) mass is 347 g/mol. The molecule has 3 rings (SSSR count). The maximum Gasteiger partial charge on any atom is 0.243 e. The molecule has 1 atom stereocenters. The molecule has 1 unspecified atom stereocenters. The second kappa shape index (κ2) is 5.28. The van der Waals surface area contributed by atoms with E-state index in [1.807, 2.05) is 0 Å². The van der Waals surface area contributed by atoms with Crippen molar-refractivity contribution in [1.82, 2.24) is 4.31 Å². The first-order valence-corrected chi connectivity index (χ1v) is 10.5. The third kappa shape index (κ3) is 2.91. The molecule has 22 heavy (non-hydrogen) atoms. The number of hydrogen-bond donors (Lipinski definition) is 0. The highest BCUT2D eigenvalue weighted by molar-refractivity contribution is 7.92. The molecule has 0 spiro atoms. The van der Waals surface area contributed by atoms with Crippen molar-refractivity contribution in [2.45, 2.75) is 43.2 Å². The topological polar surface area (TPSA) is 71.5 Å². The molecule has 0 amide bonds. The Balaban J connectivity index is 2.02. The van der Waals surface area contributed by atoms with E-state index in [0.29, 0.717) is 12.0 Å². The average Bonchev–Trinajstić information content (AvgIpc) is 3.16. The molecule has 2 aliphatic rings. The molecule has 5 nitrogen and oxygen atoms in total. The standard InChI is InChI=1S/C14H18FNO4S2/c1-10-2-3-11(15)8-14(10)22(19,20)16(12-4-5-12)13-6-7-21(17,18)9-13/h2-3,8,12-13H,4-7,9H2,1H3. The summed E-state index contributed by atoms with van der Waals surface area (Å²) in [6.45, 7) is 1.61. The Morgan fingerprint density at radius 2 is 1.86 bits per heavy atom. The average molecular weight is 347 g/mol. The van der Waals surface area contributed by atoms with E-state index in [4.69, 9.17) is 0 Å². The summed E-state index contributed by atoms with van der Waals surface area (Å²) >= 11 is 0. The van der Waals surface area contributed by atoms with Gasteiger partial charge in [0.15, 0.2) is 9.84 Å². The normalized spacial score (nSPS) is 24.8. The van der Waals surface area contributed by atoms with E-state index in [0.717, 1.165) is 18.9 Å². The fourth-order valence-electron chi connectivity index (χ4n) is 2.96. The van der Waals surface area contributed by atoms with Crippen LogP contribution in [0.1, 0.15) is 24.8 Å². The predicted octanol–water partition coefficient (Wildman–Crippen LogP) is 1.47. The van der Waals surface area contributed by atoms with Gasteiger partial charge >= 0.3 is 0 Å². The molecule has 2 fully saturated rings. The molecule has 1 aromatic rings. The zero-order chi connectivity index (χ0) is 16.1. The third-order valence-corrected chi connectivity index (χ3v) is 8.08. The largest absolute Gasteiger partial charge is 0.243 e. The van der Waals surface area contributed by atoms with E-state index in [-0.39, 0.29) is 22.4 Å². The van der Waals surface area contributed by atoms with Gasteiger partial charge in [-0.3, -0.25) is 0 Å². The summed E-state index contributed by atoms with van der Waals surface area (Å²) in [5.74, 6) is -0.741. The van der Waals surface area contributed by atoms with Crippen molar-refractivity contribution in [3.63, 3.8) is 0 Å². The molecule has 8 heteroatoms. The van der Waals surface area contributed by atoms with Gasteiger partial charge in [0.05, 0.1) is 16.4 Å². The van der Waals surface area contributed by atoms with Gasteiger partial charge < -0.3 is 0 Å². The van der Waals surface area contributed by atoms with Crippen LogP contribution in [-0.4, -0.2) is 44.7 Å². The SMILES string of the molecule is Cc1ccc(F)cc1S(=O)(=O)N(C1CC1)C1CCS(=O)(=O)C1. The number of rotatable bonds is 4. The van der Waals surface area contributed by atoms with E-state index in [1.165, 1.54) is 16.4 Å². The Kier molecular flexibility index (Phi) is 3.81. The molecule has 122 valence electrons. The molecule has 1 aromatic carbocycles. The lowest BCUT2D eigenvalue weighted by Crippen LogP contribution is -2.42. The van der Waals surface area contributed by atoms with Crippen molar-refractivity contribution < 1.29 is 21.2 Å². The molecule has 1 heterocycles. The maximum absolute atomic E-state index is 13.5. The van der Waals surface area contributed by atoms with Crippen LogP contribution in [0.2, 0.25) is 0 Å². The molecule has 0 radical (unpaired) electrons. The van der Waals surface area contributed by atoms with Crippen molar-refractivity contribution in [3.8, 4) is 0 Å². The zero-order valence-corrected chi connectivity index (χ0v) is 13.8. The highest BCUT2D eigenvalue weighted by Gasteiger charge is 2.46. The number of aryl methyl sites for hydroxylation is 1. The summed E-state index contributed by atoms with van der Waals surface area (Å²) in [6.07, 6.45) is 1.76. The van der Waals surface area contributed by atoms with Gasteiger partial charge in [-0.25, -0.2) is 21.2 Å². The lowest BCUT2D eigenvalue weighted by atomic mass is 10.2. The molecule has 0 bridgehead atoms. The second-order valence-electron chi connectivity index (χ2n) is 6.03. The number of benzene rings is 1. The first kappa shape index (κ1) is 15.9. The van der Waals surface area contributed by atoms with Gasteiger partial charge in [-0.05, 0) is 43.9 Å². The lowest BCUT2D eigenvalue weighted by Gasteiger charge is -2.28. The third-order valence-electron chi connectivity index (χ3n) is 4.18. The Morgan fingerprint density at radius 3 is 2.41 bits per heavy atom. The zero-order valence-electron chi connectivity index (χ0n) is 12.2. The maximum atomic E-state index is 13.5. The highest BCUT2D eigenvalue weighted by Crippen LogP contribution is 2.37. The van der Waals surface area contributed by atoms with Crippen LogP contribution >= 0.6 is 0 Å². The number of halogens is 1. The number of sulfonamides is 1. The summed E-state index contributed by atoms with van der Waals surface area (Å²) < 4.78 is 64.1. The number of sulfone groups is 1. The second-order valence-corrected chi connectivity index (χ2v) is 10.1. The molecule has 0 N–H and O–H groups in total. The first-order chi connectivity index (χ1) is 10.2. The molecule has 1 saturated carbocycles. The molecule has 1 aliphatic carbocycles. The Morgan fingerprint density at radius 1 is 1.18 bits per heavy atom. The number of nitrogens with zero attached hydrogens (tertiary/aromatic N) is 1. The Bertz CT molecular complexity index is 800. The van der Waals surface area contributed by atoms with Crippen molar-refractivity contribution in [2.75, 3.05) is 11.5 Å². The van der Waals surface area contributed by atoms with Gasteiger partial charge in [-0.1, -0.05) is 6.07 Å². The minimum atomic E-state index is -3.90. The van der Waals surface area contributed by atoms with E-state index in [9.17, 15) is 21.2 Å². The summed E-state index contributed by atoms with van der Waals surface area (Å²) in [5.41, 5.74) is 0.466. The molecule has 1 saturated heterocycles. The molecule has 0 aromatic heterocycles. The fraction of sp³-hybridized carbons (Fsp3) is 0.571. The quantitative estimate of drug-likeness (QED) is 0.827. The van der Waals surface area contributed by atoms with Crippen molar-refractivity contribution in [2.24, 2.45) is 0 Å². The van der Waals surface area contributed by atoms with Gasteiger partial charge in [-0.2, -0.15) is 4.31 Å². The van der Waals surface area contributed by atoms with Gasteiger partial charge in [-0.15, -0.1) is 0 Å². The smallest absolute Gasteiger partial charge is 0.229 e. The van der Waals surface area contributed by atoms with Crippen molar-refractivity contribution in [1.29, 1.82) is 0 Å². The fourth-order valence-corrected chi connectivity index (χ4v) is 6.91. The van der Waals surface area contributed by atoms with Gasteiger partial charge in [0, 0.05) is 12.1 Å². The van der Waals surface area contributed by atoms with E-state index < -0.39 is 31.7 Å². The van der Waals surface area contributed by atoms with E-state index in [1.54, 1.807) is 6.92 Å². The van der Waals surface area contributed by atoms with Crippen LogP contribution in [-0.2, 0) is 19.9 Å². The van der Waals surface area contributed by atoms with Crippen molar-refractivity contribution >= 4 is 19.9 Å². The van der Waals surface area contributed by atoms with Crippen LogP contribution in [0.5, 0.6) is 0 Å². The first-order valence-electron chi connectivity index (χ1n) is 7.21.